The number of fused-ring (bicyclic) bond motifs is 2. The first-order valence-electron chi connectivity index (χ1n) is 8.94. The van der Waals surface area contributed by atoms with Gasteiger partial charge in [0, 0.05) is 38.6 Å². The predicted octanol–water partition coefficient (Wildman–Crippen LogP) is 5.14. The summed E-state index contributed by atoms with van der Waals surface area (Å²) in [7, 11) is 0. The molecule has 0 radical (unpaired) electrons. The Morgan fingerprint density at radius 3 is 2.76 bits per heavy atom. The molecule has 0 aliphatic rings. The van der Waals surface area contributed by atoms with Crippen molar-refractivity contribution >= 4 is 49.8 Å². The van der Waals surface area contributed by atoms with E-state index in [4.69, 9.17) is 11.6 Å². The molecule has 5 nitrogen and oxygen atoms in total. The maximum Gasteiger partial charge on any atom is 0.263 e. The van der Waals surface area contributed by atoms with Crippen LogP contribution < -0.4 is 5.56 Å². The normalized spacial score (nSPS) is 11.3. The zero-order chi connectivity index (χ0) is 20.0. The summed E-state index contributed by atoms with van der Waals surface area (Å²) >= 11 is 7.39. The van der Waals surface area contributed by atoms with Crippen molar-refractivity contribution in [1.29, 1.82) is 0 Å². The summed E-state index contributed by atoms with van der Waals surface area (Å²) < 4.78 is 1.37. The Morgan fingerprint density at radius 1 is 1.14 bits per heavy atom. The number of rotatable bonds is 4. The molecule has 2 aromatic carbocycles. The number of aromatic nitrogens is 3. The summed E-state index contributed by atoms with van der Waals surface area (Å²) in [6.07, 6.45) is 3.13. The number of hydrogen-bond donors (Lipinski definition) is 1. The molecule has 0 saturated heterocycles. The Labute approximate surface area is 174 Å². The van der Waals surface area contributed by atoms with Crippen molar-refractivity contribution in [2.75, 3.05) is 0 Å². The van der Waals surface area contributed by atoms with E-state index in [9.17, 15) is 9.59 Å². The van der Waals surface area contributed by atoms with Crippen LogP contribution in [0.25, 0.3) is 32.2 Å². The van der Waals surface area contributed by atoms with Gasteiger partial charge in [-0.3, -0.25) is 14.2 Å². The standard InChI is InChI=1S/C22H14ClN3O2S/c23-14-7-5-13(6-8-14)17-11-29-21-20(17)22(28)26(12-25-21)10-19(27)16-9-24-18-4-2-1-3-15(16)18/h1-9,11-12,24H,10H2. The van der Waals surface area contributed by atoms with Crippen molar-refractivity contribution in [2.45, 2.75) is 6.54 Å². The summed E-state index contributed by atoms with van der Waals surface area (Å²) in [6, 6.07) is 14.9. The van der Waals surface area contributed by atoms with Crippen LogP contribution >= 0.6 is 22.9 Å². The highest BCUT2D eigenvalue weighted by Gasteiger charge is 2.17. The monoisotopic (exact) mass is 419 g/mol. The van der Waals surface area contributed by atoms with Crippen molar-refractivity contribution in [3.05, 3.63) is 87.4 Å². The number of para-hydroxylation sites is 1. The first-order chi connectivity index (χ1) is 14.1. The van der Waals surface area contributed by atoms with Crippen molar-refractivity contribution in [3.63, 3.8) is 0 Å². The Balaban J connectivity index is 1.56. The lowest BCUT2D eigenvalue weighted by molar-refractivity contribution is 0.0972. The molecule has 5 aromatic rings. The summed E-state index contributed by atoms with van der Waals surface area (Å²) in [6.45, 7) is -0.0699. The van der Waals surface area contributed by atoms with Gasteiger partial charge >= 0.3 is 0 Å². The molecule has 0 fully saturated rings. The zero-order valence-electron chi connectivity index (χ0n) is 15.1. The van der Waals surface area contributed by atoms with Gasteiger partial charge in [0.2, 0.25) is 0 Å². The average molecular weight is 420 g/mol. The molecule has 1 N–H and O–H groups in total. The average Bonchev–Trinajstić information content (AvgIpc) is 3.35. The first kappa shape index (κ1) is 17.8. The fourth-order valence-electron chi connectivity index (χ4n) is 3.46. The van der Waals surface area contributed by atoms with E-state index in [-0.39, 0.29) is 17.9 Å². The van der Waals surface area contributed by atoms with Gasteiger partial charge in [0.25, 0.3) is 5.56 Å². The molecule has 0 spiro atoms. The minimum atomic E-state index is -0.227. The molecule has 7 heteroatoms. The van der Waals surface area contributed by atoms with E-state index < -0.39 is 0 Å². The minimum Gasteiger partial charge on any atom is -0.360 e. The molecule has 0 unspecified atom stereocenters. The molecule has 5 rings (SSSR count). The van der Waals surface area contributed by atoms with Crippen LogP contribution in [0.5, 0.6) is 0 Å². The lowest BCUT2D eigenvalue weighted by Crippen LogP contribution is -2.24. The topological polar surface area (TPSA) is 67.8 Å². The molecule has 0 saturated carbocycles. The number of benzene rings is 2. The summed E-state index contributed by atoms with van der Waals surface area (Å²) in [5.74, 6) is -0.144. The minimum absolute atomic E-state index is 0.0699. The van der Waals surface area contributed by atoms with Gasteiger partial charge in [-0.1, -0.05) is 41.9 Å². The van der Waals surface area contributed by atoms with E-state index in [1.165, 1.54) is 22.2 Å². The number of nitrogens with one attached hydrogen (secondary N) is 1. The number of carbonyl (C=O) groups excluding carboxylic acids is 1. The highest BCUT2D eigenvalue weighted by molar-refractivity contribution is 7.17. The van der Waals surface area contributed by atoms with Crippen molar-refractivity contribution in [3.8, 4) is 11.1 Å². The van der Waals surface area contributed by atoms with Gasteiger partial charge in [0.1, 0.15) is 4.83 Å². The summed E-state index contributed by atoms with van der Waals surface area (Å²) in [5, 5.41) is 3.91. The predicted molar refractivity (Wildman–Crippen MR) is 117 cm³/mol. The molecule has 3 heterocycles. The Bertz CT molecular complexity index is 1430. The van der Waals surface area contributed by atoms with Gasteiger partial charge in [-0.2, -0.15) is 0 Å². The third kappa shape index (κ3) is 3.06. The van der Waals surface area contributed by atoms with Gasteiger partial charge in [-0.15, -0.1) is 11.3 Å². The van der Waals surface area contributed by atoms with Gasteiger partial charge in [0.15, 0.2) is 5.78 Å². The second-order valence-corrected chi connectivity index (χ2v) is 7.98. The van der Waals surface area contributed by atoms with Crippen LogP contribution in [0.1, 0.15) is 10.4 Å². The van der Waals surface area contributed by atoms with Crippen molar-refractivity contribution in [1.82, 2.24) is 14.5 Å². The zero-order valence-corrected chi connectivity index (χ0v) is 16.6. The fraction of sp³-hybridized carbons (Fsp3) is 0.0455. The van der Waals surface area contributed by atoms with E-state index in [2.05, 4.69) is 9.97 Å². The molecule has 0 bridgehead atoms. The second-order valence-electron chi connectivity index (χ2n) is 6.69. The molecule has 0 atom stereocenters. The quantitative estimate of drug-likeness (QED) is 0.410. The van der Waals surface area contributed by atoms with Crippen LogP contribution in [0.3, 0.4) is 0 Å². The number of ketones is 1. The first-order valence-corrected chi connectivity index (χ1v) is 10.2. The molecule has 0 aliphatic heterocycles. The lowest BCUT2D eigenvalue weighted by Gasteiger charge is -2.06. The highest BCUT2D eigenvalue weighted by atomic mass is 35.5. The summed E-state index contributed by atoms with van der Waals surface area (Å²) in [5.41, 5.74) is 2.91. The fourth-order valence-corrected chi connectivity index (χ4v) is 4.50. The maximum absolute atomic E-state index is 13.2. The third-order valence-corrected chi connectivity index (χ3v) is 6.06. The molecular weight excluding hydrogens is 406 g/mol. The number of carbonyl (C=O) groups is 1. The largest absolute Gasteiger partial charge is 0.360 e. The number of halogens is 1. The maximum atomic E-state index is 13.2. The van der Waals surface area contributed by atoms with Crippen LogP contribution in [0, 0.1) is 0 Å². The number of Topliss-reactive ketones (excluding diaryl/α,β-unsaturated/α-hetero) is 1. The van der Waals surface area contributed by atoms with E-state index in [0.717, 1.165) is 22.0 Å². The van der Waals surface area contributed by atoms with Crippen LogP contribution in [0.15, 0.2) is 71.2 Å². The van der Waals surface area contributed by atoms with Crippen LogP contribution in [-0.2, 0) is 6.54 Å². The lowest BCUT2D eigenvalue weighted by atomic mass is 10.1. The van der Waals surface area contributed by atoms with Gasteiger partial charge in [-0.25, -0.2) is 4.98 Å². The number of thiophene rings is 1. The Hall–Kier alpha value is -3.22. The van der Waals surface area contributed by atoms with Crippen molar-refractivity contribution < 1.29 is 4.79 Å². The number of nitrogens with zero attached hydrogens (tertiary/aromatic N) is 2. The van der Waals surface area contributed by atoms with Crippen LogP contribution in [0.4, 0.5) is 0 Å². The van der Waals surface area contributed by atoms with Crippen molar-refractivity contribution in [2.24, 2.45) is 0 Å². The smallest absolute Gasteiger partial charge is 0.263 e. The molecule has 0 amide bonds. The molecule has 3 aromatic heterocycles. The Kier molecular flexibility index (Phi) is 4.30. The second kappa shape index (κ2) is 6.99. The van der Waals surface area contributed by atoms with E-state index in [1.54, 1.807) is 18.3 Å². The third-order valence-electron chi connectivity index (χ3n) is 4.92. The van der Waals surface area contributed by atoms with E-state index in [1.807, 2.05) is 41.8 Å². The number of H-pyrrole nitrogens is 1. The Morgan fingerprint density at radius 2 is 1.93 bits per heavy atom. The van der Waals surface area contributed by atoms with E-state index >= 15 is 0 Å². The number of hydrogen-bond acceptors (Lipinski definition) is 4. The highest BCUT2D eigenvalue weighted by Crippen LogP contribution is 2.31. The molecular formula is C22H14ClN3O2S. The molecule has 0 aliphatic carbocycles. The molecule has 142 valence electrons. The van der Waals surface area contributed by atoms with Gasteiger partial charge in [0.05, 0.1) is 18.3 Å². The SMILES string of the molecule is O=C(Cn1cnc2scc(-c3ccc(Cl)cc3)c2c1=O)c1c[nH]c2ccccc12. The van der Waals surface area contributed by atoms with E-state index in [0.29, 0.717) is 20.8 Å². The van der Waals surface area contributed by atoms with Gasteiger partial charge < -0.3 is 4.98 Å². The number of aromatic amines is 1. The molecule has 29 heavy (non-hydrogen) atoms. The summed E-state index contributed by atoms with van der Waals surface area (Å²) in [4.78, 5) is 34.2. The van der Waals surface area contributed by atoms with Gasteiger partial charge in [-0.05, 0) is 23.8 Å². The van der Waals surface area contributed by atoms with Crippen LogP contribution in [0.2, 0.25) is 5.02 Å². The van der Waals surface area contributed by atoms with Crippen LogP contribution in [-0.4, -0.2) is 20.3 Å².